The maximum atomic E-state index is 13.9. The minimum absolute atomic E-state index is 0.131. The van der Waals surface area contributed by atoms with Crippen LogP contribution < -0.4 is 16.7 Å². The maximum Gasteiger partial charge on any atom is 0.329 e. The summed E-state index contributed by atoms with van der Waals surface area (Å²) in [5.74, 6) is 0.147. The quantitative estimate of drug-likeness (QED) is 0.486. The van der Waals surface area contributed by atoms with Gasteiger partial charge in [0.25, 0.3) is 5.56 Å². The van der Waals surface area contributed by atoms with Crippen LogP contribution in [0.2, 0.25) is 5.02 Å². The molecule has 0 radical (unpaired) electrons. The van der Waals surface area contributed by atoms with E-state index in [1.807, 2.05) is 0 Å². The number of fused-ring (bicyclic) bond motifs is 1. The smallest absolute Gasteiger partial charge is 0.303 e. The molecule has 0 unspecified atom stereocenters. The number of hydrogen-bond acceptors (Lipinski definition) is 5. The number of imidazole rings is 1. The number of rotatable bonds is 6. The van der Waals surface area contributed by atoms with E-state index < -0.39 is 17.1 Å². The molecule has 0 amide bonds. The van der Waals surface area contributed by atoms with Gasteiger partial charge in [-0.25, -0.2) is 14.6 Å². The first kappa shape index (κ1) is 19.8. The van der Waals surface area contributed by atoms with Crippen LogP contribution in [0.3, 0.4) is 0 Å². The van der Waals surface area contributed by atoms with E-state index in [-0.39, 0.29) is 27.7 Å². The average Bonchev–Trinajstić information content (AvgIpc) is 2.99. The first-order valence-electron chi connectivity index (χ1n) is 8.72. The predicted molar refractivity (Wildman–Crippen MR) is 108 cm³/mol. The van der Waals surface area contributed by atoms with Crippen LogP contribution in [0.5, 0.6) is 0 Å². The van der Waals surface area contributed by atoms with Crippen LogP contribution in [0.4, 0.5) is 10.3 Å². The highest BCUT2D eigenvalue weighted by atomic mass is 35.5. The van der Waals surface area contributed by atoms with Gasteiger partial charge in [0, 0.05) is 19.2 Å². The summed E-state index contributed by atoms with van der Waals surface area (Å²) in [4.78, 5) is 30.8. The summed E-state index contributed by atoms with van der Waals surface area (Å²) in [6.07, 6.45) is 2.03. The molecule has 0 aliphatic rings. The molecule has 3 rings (SSSR count). The molecule has 0 saturated heterocycles. The second-order valence-electron chi connectivity index (χ2n) is 6.77. The fraction of sp³-hybridized carbons (Fsp3) is 0.333. The number of H-pyrrole nitrogens is 1. The lowest BCUT2D eigenvalue weighted by Gasteiger charge is -2.09. The monoisotopic (exact) mass is 406 g/mol. The molecular formula is C18H20ClFN6O2. The van der Waals surface area contributed by atoms with E-state index in [1.54, 1.807) is 10.6 Å². The molecule has 10 heteroatoms. The molecule has 0 bridgehead atoms. The molecule has 148 valence electrons. The van der Waals surface area contributed by atoms with Gasteiger partial charge >= 0.3 is 5.69 Å². The summed E-state index contributed by atoms with van der Waals surface area (Å²) in [6.45, 7) is 4.61. The zero-order chi connectivity index (χ0) is 20.4. The van der Waals surface area contributed by atoms with E-state index in [2.05, 4.69) is 34.3 Å². The summed E-state index contributed by atoms with van der Waals surface area (Å²) in [5.41, 5.74) is 2.28. The molecule has 2 heterocycles. The van der Waals surface area contributed by atoms with E-state index in [0.717, 1.165) is 6.42 Å². The molecule has 28 heavy (non-hydrogen) atoms. The highest BCUT2D eigenvalue weighted by Crippen LogP contribution is 2.19. The van der Waals surface area contributed by atoms with Crippen molar-refractivity contribution in [2.45, 2.75) is 26.8 Å². The van der Waals surface area contributed by atoms with Crippen molar-refractivity contribution in [2.75, 3.05) is 5.43 Å². The van der Waals surface area contributed by atoms with Gasteiger partial charge in [-0.3, -0.25) is 14.3 Å². The lowest BCUT2D eigenvalue weighted by atomic mass is 10.1. The summed E-state index contributed by atoms with van der Waals surface area (Å²) >= 11 is 5.99. The number of hydrazone groups is 1. The summed E-state index contributed by atoms with van der Waals surface area (Å²) in [7, 11) is 1.52. The Labute approximate surface area is 164 Å². The molecule has 1 aromatic carbocycles. The number of benzene rings is 1. The van der Waals surface area contributed by atoms with Crippen molar-refractivity contribution in [3.8, 4) is 0 Å². The van der Waals surface area contributed by atoms with Crippen LogP contribution in [0.15, 0.2) is 32.9 Å². The molecule has 0 spiro atoms. The highest BCUT2D eigenvalue weighted by Gasteiger charge is 2.17. The normalized spacial score (nSPS) is 11.8. The van der Waals surface area contributed by atoms with Crippen LogP contribution in [0, 0.1) is 11.7 Å². The van der Waals surface area contributed by atoms with Gasteiger partial charge in [-0.2, -0.15) is 10.1 Å². The molecule has 2 aromatic heterocycles. The topological polar surface area (TPSA) is 97.1 Å². The van der Waals surface area contributed by atoms with Crippen molar-refractivity contribution in [3.05, 3.63) is 55.4 Å². The number of aryl methyl sites for hydroxylation is 2. The van der Waals surface area contributed by atoms with Gasteiger partial charge in [0.1, 0.15) is 5.82 Å². The number of nitrogens with zero attached hydrogens (tertiary/aromatic N) is 4. The maximum absolute atomic E-state index is 13.9. The van der Waals surface area contributed by atoms with Crippen molar-refractivity contribution < 1.29 is 4.39 Å². The van der Waals surface area contributed by atoms with Crippen LogP contribution >= 0.6 is 11.6 Å². The number of anilines is 1. The molecule has 0 aliphatic heterocycles. The first-order chi connectivity index (χ1) is 13.3. The fourth-order valence-electron chi connectivity index (χ4n) is 2.71. The lowest BCUT2D eigenvalue weighted by molar-refractivity contribution is 0.524. The lowest BCUT2D eigenvalue weighted by Crippen LogP contribution is -2.29. The molecule has 0 saturated carbocycles. The van der Waals surface area contributed by atoms with Gasteiger partial charge in [0.15, 0.2) is 11.2 Å². The van der Waals surface area contributed by atoms with Crippen LogP contribution in [0.25, 0.3) is 11.2 Å². The summed E-state index contributed by atoms with van der Waals surface area (Å²) < 4.78 is 16.8. The van der Waals surface area contributed by atoms with Gasteiger partial charge in [0.2, 0.25) is 5.95 Å². The number of hydrogen-bond donors (Lipinski definition) is 2. The largest absolute Gasteiger partial charge is 0.329 e. The third kappa shape index (κ3) is 3.84. The van der Waals surface area contributed by atoms with E-state index in [4.69, 9.17) is 11.6 Å². The van der Waals surface area contributed by atoms with E-state index in [1.165, 1.54) is 30.0 Å². The molecule has 3 aromatic rings. The van der Waals surface area contributed by atoms with Gasteiger partial charge in [-0.05, 0) is 24.5 Å². The molecule has 0 atom stereocenters. The van der Waals surface area contributed by atoms with Crippen molar-refractivity contribution in [2.24, 2.45) is 18.1 Å². The number of aromatic amines is 1. The second kappa shape index (κ2) is 7.97. The SMILES string of the molecule is CC(C)CCn1c(NN=Cc2c(F)cccc2Cl)nc2c1c(=O)[nH]c(=O)n2C. The molecule has 8 nitrogen and oxygen atoms in total. The number of halogens is 2. The first-order valence-corrected chi connectivity index (χ1v) is 9.10. The summed E-state index contributed by atoms with van der Waals surface area (Å²) in [6, 6.07) is 4.33. The molecule has 0 fully saturated rings. The van der Waals surface area contributed by atoms with Crippen LogP contribution in [-0.4, -0.2) is 25.3 Å². The Morgan fingerprint density at radius 1 is 1.39 bits per heavy atom. The van der Waals surface area contributed by atoms with E-state index in [9.17, 15) is 14.0 Å². The van der Waals surface area contributed by atoms with Gasteiger partial charge < -0.3 is 4.57 Å². The zero-order valence-corrected chi connectivity index (χ0v) is 16.4. The summed E-state index contributed by atoms with van der Waals surface area (Å²) in [5, 5.41) is 4.24. The number of nitrogens with one attached hydrogen (secondary N) is 2. The zero-order valence-electron chi connectivity index (χ0n) is 15.7. The van der Waals surface area contributed by atoms with Crippen LogP contribution in [-0.2, 0) is 13.6 Å². The van der Waals surface area contributed by atoms with Gasteiger partial charge in [0.05, 0.1) is 11.2 Å². The van der Waals surface area contributed by atoms with Gasteiger partial charge in [-0.1, -0.05) is 31.5 Å². The Bertz CT molecular complexity index is 1140. The molecule has 0 aliphatic carbocycles. The van der Waals surface area contributed by atoms with E-state index in [0.29, 0.717) is 12.5 Å². The molecule has 2 N–H and O–H groups in total. The van der Waals surface area contributed by atoms with Gasteiger partial charge in [-0.15, -0.1) is 0 Å². The Morgan fingerprint density at radius 3 is 2.82 bits per heavy atom. The Balaban J connectivity index is 2.04. The Morgan fingerprint density at radius 2 is 2.14 bits per heavy atom. The minimum Gasteiger partial charge on any atom is -0.303 e. The minimum atomic E-state index is -0.556. The Kier molecular flexibility index (Phi) is 5.64. The average molecular weight is 407 g/mol. The second-order valence-corrected chi connectivity index (χ2v) is 7.17. The Hall–Kier alpha value is -2.94. The third-order valence-corrected chi connectivity index (χ3v) is 4.62. The fourth-order valence-corrected chi connectivity index (χ4v) is 2.93. The van der Waals surface area contributed by atoms with Crippen molar-refractivity contribution in [3.63, 3.8) is 0 Å². The predicted octanol–water partition coefficient (Wildman–Crippen LogP) is 2.71. The number of aromatic nitrogens is 4. The van der Waals surface area contributed by atoms with Crippen molar-refractivity contribution in [1.82, 2.24) is 19.1 Å². The highest BCUT2D eigenvalue weighted by molar-refractivity contribution is 6.33. The van der Waals surface area contributed by atoms with Crippen molar-refractivity contribution >= 4 is 34.9 Å². The third-order valence-electron chi connectivity index (χ3n) is 4.30. The standard InChI is InChI=1S/C18H20ClFN6O2/c1-10(2)7-8-26-14-15(25(3)18(28)23-16(14)27)22-17(26)24-21-9-11-12(19)5-4-6-13(11)20/h4-6,9-10H,7-8H2,1-3H3,(H,22,24)(H,23,27,28). The molecular weight excluding hydrogens is 387 g/mol. The van der Waals surface area contributed by atoms with Crippen molar-refractivity contribution in [1.29, 1.82) is 0 Å². The van der Waals surface area contributed by atoms with Crippen LogP contribution in [0.1, 0.15) is 25.8 Å². The van der Waals surface area contributed by atoms with E-state index >= 15 is 0 Å².